The van der Waals surface area contributed by atoms with E-state index in [0.717, 1.165) is 68.8 Å². The van der Waals surface area contributed by atoms with E-state index in [1.807, 2.05) is 32.0 Å². The van der Waals surface area contributed by atoms with Crippen LogP contribution in [0.25, 0.3) is 0 Å². The summed E-state index contributed by atoms with van der Waals surface area (Å²) in [4.78, 5) is 17.1. The molecule has 0 saturated carbocycles. The smallest absolute Gasteiger partial charge is 0.257 e. The highest BCUT2D eigenvalue weighted by atomic mass is 16.3. The Morgan fingerprint density at radius 1 is 0.810 bits per heavy atom. The predicted molar refractivity (Wildman–Crippen MR) is 159 cm³/mol. The van der Waals surface area contributed by atoms with Crippen molar-refractivity contribution in [3.63, 3.8) is 0 Å². The predicted octanol–water partition coefficient (Wildman–Crippen LogP) is -0.157. The average molecular weight is 590 g/mol. The first-order valence-corrected chi connectivity index (χ1v) is 14.5. The number of phenolic OH excluding ortho intramolecular Hbond substituents is 2. The zero-order valence-corrected chi connectivity index (χ0v) is 24.6. The molecule has 234 valence electrons. The van der Waals surface area contributed by atoms with E-state index in [4.69, 9.17) is 10.2 Å². The van der Waals surface area contributed by atoms with Gasteiger partial charge in [-0.2, -0.15) is 0 Å². The van der Waals surface area contributed by atoms with Crippen molar-refractivity contribution in [2.45, 2.75) is 58.8 Å². The number of phenols is 2. The lowest BCUT2D eigenvalue weighted by Crippen LogP contribution is -2.37. The minimum absolute atomic E-state index is 0.0538. The van der Waals surface area contributed by atoms with Gasteiger partial charge in [0.05, 0.1) is 18.8 Å². The van der Waals surface area contributed by atoms with E-state index in [0.29, 0.717) is 24.2 Å². The van der Waals surface area contributed by atoms with Crippen LogP contribution in [0.4, 0.5) is 0 Å². The molecule has 12 nitrogen and oxygen atoms in total. The molecule has 3 rings (SSSR count). The number of aromatic hydroxyl groups is 2. The number of nitrogens with zero attached hydrogens (tertiary/aromatic N) is 2. The quantitative estimate of drug-likeness (QED) is 0.159. The first-order chi connectivity index (χ1) is 20.1. The normalized spacial score (nSPS) is 17.4. The van der Waals surface area contributed by atoms with Crippen molar-refractivity contribution in [2.24, 2.45) is 0 Å². The van der Waals surface area contributed by atoms with Crippen LogP contribution >= 0.6 is 0 Å². The summed E-state index contributed by atoms with van der Waals surface area (Å²) in [5, 5.41) is 67.8. The number of nitrogens with one attached hydrogen (secondary N) is 3. The van der Waals surface area contributed by atoms with Gasteiger partial charge in [0.15, 0.2) is 0 Å². The van der Waals surface area contributed by atoms with Crippen LogP contribution in [0, 0.1) is 13.8 Å². The molecule has 1 heterocycles. The zero-order chi connectivity index (χ0) is 30.6. The van der Waals surface area contributed by atoms with Crippen molar-refractivity contribution in [3.8, 4) is 11.5 Å². The van der Waals surface area contributed by atoms with Crippen LogP contribution in [0.15, 0.2) is 24.3 Å². The van der Waals surface area contributed by atoms with Crippen LogP contribution in [-0.2, 0) is 19.6 Å². The van der Waals surface area contributed by atoms with Gasteiger partial charge in [-0.15, -0.1) is 0 Å². The summed E-state index contributed by atoms with van der Waals surface area (Å²) in [5.41, 5.74) is 3.94. The van der Waals surface area contributed by atoms with E-state index >= 15 is 0 Å². The minimum Gasteiger partial charge on any atom is -0.507 e. The van der Waals surface area contributed by atoms with Gasteiger partial charge in [-0.1, -0.05) is 23.8 Å². The highest BCUT2D eigenvalue weighted by Crippen LogP contribution is 2.28. The summed E-state index contributed by atoms with van der Waals surface area (Å²) in [7, 11) is 0. The third-order valence-electron chi connectivity index (χ3n) is 7.33. The highest BCUT2D eigenvalue weighted by Gasteiger charge is 2.20. The van der Waals surface area contributed by atoms with Crippen LogP contribution in [-0.4, -0.2) is 111 Å². The second-order valence-electron chi connectivity index (χ2n) is 11.0. The number of amides is 1. The summed E-state index contributed by atoms with van der Waals surface area (Å²) >= 11 is 0. The molecule has 9 N–H and O–H groups in total. The fraction of sp³-hybridized carbons (Fsp3) is 0.567. The van der Waals surface area contributed by atoms with Crippen LogP contribution < -0.4 is 16.0 Å². The maximum atomic E-state index is 12.6. The lowest BCUT2D eigenvalue weighted by Gasteiger charge is -2.26. The molecule has 0 radical (unpaired) electrons. The molecule has 2 aromatic carbocycles. The molecule has 2 atom stereocenters. The Kier molecular flexibility index (Phi) is 13.4. The third kappa shape index (κ3) is 10.2. The van der Waals surface area contributed by atoms with Gasteiger partial charge in [0.1, 0.15) is 24.0 Å². The number of rotatable bonds is 11. The molecule has 2 unspecified atom stereocenters. The van der Waals surface area contributed by atoms with Crippen molar-refractivity contribution < 1.29 is 35.4 Å². The molecule has 1 fully saturated rings. The molecular weight excluding hydrogens is 542 g/mol. The summed E-state index contributed by atoms with van der Waals surface area (Å²) < 4.78 is 0. The molecule has 1 aliphatic rings. The number of hydrogen-bond donors (Lipinski definition) is 9. The van der Waals surface area contributed by atoms with Gasteiger partial charge in [-0.3, -0.25) is 19.9 Å². The van der Waals surface area contributed by atoms with Gasteiger partial charge in [-0.05, 0) is 64.5 Å². The van der Waals surface area contributed by atoms with E-state index in [9.17, 15) is 25.2 Å². The third-order valence-corrected chi connectivity index (χ3v) is 7.33. The average Bonchev–Trinajstić information content (AvgIpc) is 3.00. The number of benzene rings is 2. The molecule has 2 aromatic rings. The van der Waals surface area contributed by atoms with E-state index in [1.165, 1.54) is 0 Å². The first kappa shape index (κ1) is 33.7. The van der Waals surface area contributed by atoms with Gasteiger partial charge in [0.25, 0.3) is 5.91 Å². The molecule has 1 amide bonds. The van der Waals surface area contributed by atoms with Gasteiger partial charge < -0.3 is 41.3 Å². The summed E-state index contributed by atoms with van der Waals surface area (Å²) in [6, 6.07) is 7.26. The molecule has 0 bridgehead atoms. The van der Waals surface area contributed by atoms with Crippen molar-refractivity contribution in [1.82, 2.24) is 25.8 Å². The lowest BCUT2D eigenvalue weighted by atomic mass is 10.0. The van der Waals surface area contributed by atoms with Gasteiger partial charge >= 0.3 is 0 Å². The van der Waals surface area contributed by atoms with Crippen LogP contribution in [0.2, 0.25) is 0 Å². The second kappa shape index (κ2) is 16.7. The number of aliphatic hydroxyl groups excluding tert-OH is 4. The van der Waals surface area contributed by atoms with Crippen molar-refractivity contribution in [3.05, 3.63) is 57.6 Å². The fourth-order valence-electron chi connectivity index (χ4n) is 5.23. The monoisotopic (exact) mass is 589 g/mol. The first-order valence-electron chi connectivity index (χ1n) is 14.5. The Morgan fingerprint density at radius 3 is 2.05 bits per heavy atom. The lowest BCUT2D eigenvalue weighted by molar-refractivity contribution is 0.0546. The molecular formula is C30H47N5O7. The molecule has 0 spiro atoms. The maximum Gasteiger partial charge on any atom is 0.257 e. The standard InChI is InChI=1S/C30H47N5O7/c1-20-11-22(15-32-26(38)18-36)28(40)23(12-20)16-34-7-3-5-31-6-10-35(9-4-8-34)17-24-13-21(2)14-25(29(24)41)30(42)33-27(39)19-37/h11-14,26-27,31-32,36-41H,3-10,15-19H2,1-2H3,(H,33,42). The van der Waals surface area contributed by atoms with Crippen molar-refractivity contribution in [2.75, 3.05) is 52.5 Å². The Morgan fingerprint density at radius 2 is 1.38 bits per heavy atom. The van der Waals surface area contributed by atoms with E-state index in [1.54, 1.807) is 6.07 Å². The Labute approximate surface area is 247 Å². The highest BCUT2D eigenvalue weighted by molar-refractivity contribution is 5.97. The molecule has 42 heavy (non-hydrogen) atoms. The van der Waals surface area contributed by atoms with Crippen LogP contribution in [0.3, 0.4) is 0 Å². The number of carbonyl (C=O) groups is 1. The largest absolute Gasteiger partial charge is 0.507 e. The summed E-state index contributed by atoms with van der Waals surface area (Å²) in [6.07, 6.45) is -0.670. The molecule has 1 aliphatic heterocycles. The number of carbonyl (C=O) groups excluding carboxylic acids is 1. The fourth-order valence-corrected chi connectivity index (χ4v) is 5.23. The van der Waals surface area contributed by atoms with E-state index in [2.05, 4.69) is 25.8 Å². The number of hydrogen-bond acceptors (Lipinski definition) is 11. The minimum atomic E-state index is -1.41. The van der Waals surface area contributed by atoms with Gasteiger partial charge in [0, 0.05) is 49.4 Å². The Hall–Kier alpha value is -2.81. The molecule has 0 aromatic heterocycles. The van der Waals surface area contributed by atoms with Crippen LogP contribution in [0.5, 0.6) is 11.5 Å². The Balaban J connectivity index is 1.69. The van der Waals surface area contributed by atoms with Crippen molar-refractivity contribution >= 4 is 5.91 Å². The maximum absolute atomic E-state index is 12.6. The number of aliphatic hydroxyl groups is 4. The summed E-state index contributed by atoms with van der Waals surface area (Å²) in [6.45, 7) is 8.79. The second-order valence-corrected chi connectivity index (χ2v) is 11.0. The molecule has 0 aliphatic carbocycles. The topological polar surface area (TPSA) is 181 Å². The SMILES string of the molecule is Cc1cc(CNC(O)CO)c(O)c(CN2CCCNCCN(Cc3cc(C)cc(C(=O)NC(O)CO)c3O)CCC2)c1. The van der Waals surface area contributed by atoms with Crippen molar-refractivity contribution in [1.29, 1.82) is 0 Å². The zero-order valence-electron chi connectivity index (χ0n) is 24.6. The van der Waals surface area contributed by atoms with Crippen LogP contribution in [0.1, 0.15) is 51.0 Å². The van der Waals surface area contributed by atoms with E-state index < -0.39 is 31.6 Å². The molecule has 12 heteroatoms. The molecule has 1 saturated heterocycles. The van der Waals surface area contributed by atoms with Gasteiger partial charge in [0.2, 0.25) is 0 Å². The Bertz CT molecular complexity index is 1170. The van der Waals surface area contributed by atoms with E-state index in [-0.39, 0.29) is 23.6 Å². The summed E-state index contributed by atoms with van der Waals surface area (Å²) in [5.74, 6) is -0.607. The van der Waals surface area contributed by atoms with Gasteiger partial charge in [-0.25, -0.2) is 0 Å². The number of aryl methyl sites for hydroxylation is 2.